The first-order chi connectivity index (χ1) is 7.60. The van der Waals surface area contributed by atoms with Gasteiger partial charge in [0.2, 0.25) is 0 Å². The second-order valence-electron chi connectivity index (χ2n) is 3.63. The highest BCUT2D eigenvalue weighted by atomic mass is 32.2. The van der Waals surface area contributed by atoms with Gasteiger partial charge in [-0.1, -0.05) is 6.07 Å². The number of amides is 1. The molecular weight excluding hydrogens is 222 g/mol. The molecule has 0 aliphatic rings. The minimum absolute atomic E-state index is 0.0104. The third kappa shape index (κ3) is 3.00. The summed E-state index contributed by atoms with van der Waals surface area (Å²) >= 11 is 1.61. The number of thioether (sulfide) groups is 1. The van der Waals surface area contributed by atoms with Crippen LogP contribution in [0.15, 0.2) is 23.1 Å². The van der Waals surface area contributed by atoms with E-state index < -0.39 is 0 Å². The maximum atomic E-state index is 12.0. The van der Waals surface area contributed by atoms with E-state index in [1.807, 2.05) is 31.4 Å². The van der Waals surface area contributed by atoms with Crippen molar-refractivity contribution in [3.63, 3.8) is 0 Å². The zero-order valence-corrected chi connectivity index (χ0v) is 10.7. The average Bonchev–Trinajstić information content (AvgIpc) is 2.29. The van der Waals surface area contributed by atoms with Crippen LogP contribution in [0.5, 0.6) is 0 Å². The first-order valence-corrected chi connectivity index (χ1v) is 6.33. The van der Waals surface area contributed by atoms with E-state index in [4.69, 9.17) is 5.11 Å². The van der Waals surface area contributed by atoms with Crippen LogP contribution in [0.25, 0.3) is 0 Å². The van der Waals surface area contributed by atoms with Gasteiger partial charge in [-0.05, 0) is 30.9 Å². The fraction of sp³-hybridized carbons (Fsp3) is 0.417. The molecule has 0 radical (unpaired) electrons. The minimum Gasteiger partial charge on any atom is -0.395 e. The Bertz CT molecular complexity index is 379. The lowest BCUT2D eigenvalue weighted by molar-refractivity contribution is 0.0766. The van der Waals surface area contributed by atoms with Crippen LogP contribution < -0.4 is 0 Å². The summed E-state index contributed by atoms with van der Waals surface area (Å²) in [6.45, 7) is 2.27. The molecule has 0 aromatic heterocycles. The molecule has 0 aliphatic carbocycles. The standard InChI is InChI=1S/C12H17NO2S/c1-9-4-5-10(16-3)8-11(9)12(15)13(2)6-7-14/h4-5,8,14H,6-7H2,1-3H3. The molecule has 0 spiro atoms. The topological polar surface area (TPSA) is 40.5 Å². The highest BCUT2D eigenvalue weighted by Gasteiger charge is 2.13. The Labute approximate surface area is 100 Å². The van der Waals surface area contributed by atoms with Crippen LogP contribution in [0, 0.1) is 6.92 Å². The molecule has 1 N–H and O–H groups in total. The number of likely N-dealkylation sites (N-methyl/N-ethyl adjacent to an activating group) is 1. The van der Waals surface area contributed by atoms with Crippen LogP contribution in [-0.4, -0.2) is 42.4 Å². The Balaban J connectivity index is 2.97. The monoisotopic (exact) mass is 239 g/mol. The van der Waals surface area contributed by atoms with E-state index in [0.717, 1.165) is 10.5 Å². The predicted molar refractivity (Wildman–Crippen MR) is 67.0 cm³/mol. The van der Waals surface area contributed by atoms with Crippen LogP contribution in [0.2, 0.25) is 0 Å². The number of carbonyl (C=O) groups excluding carboxylic acids is 1. The Morgan fingerprint density at radius 1 is 1.50 bits per heavy atom. The van der Waals surface area contributed by atoms with Gasteiger partial charge < -0.3 is 10.0 Å². The van der Waals surface area contributed by atoms with Crippen molar-refractivity contribution in [1.29, 1.82) is 0 Å². The SMILES string of the molecule is CSc1ccc(C)c(C(=O)N(C)CCO)c1. The molecule has 1 aromatic rings. The molecule has 0 unspecified atom stereocenters. The molecule has 0 aliphatic heterocycles. The van der Waals surface area contributed by atoms with E-state index in [2.05, 4.69) is 0 Å². The molecular formula is C12H17NO2S. The van der Waals surface area contributed by atoms with E-state index in [1.54, 1.807) is 18.8 Å². The zero-order chi connectivity index (χ0) is 12.1. The summed E-state index contributed by atoms with van der Waals surface area (Å²) in [5.74, 6) is -0.0394. The third-order valence-electron chi connectivity index (χ3n) is 2.46. The average molecular weight is 239 g/mol. The number of benzene rings is 1. The van der Waals surface area contributed by atoms with Gasteiger partial charge in [0.25, 0.3) is 5.91 Å². The first-order valence-electron chi connectivity index (χ1n) is 5.11. The van der Waals surface area contributed by atoms with Gasteiger partial charge in [0.15, 0.2) is 0 Å². The Kier molecular flexibility index (Phi) is 4.83. The molecule has 3 nitrogen and oxygen atoms in total. The number of hydrogen-bond acceptors (Lipinski definition) is 3. The maximum Gasteiger partial charge on any atom is 0.253 e. The number of hydrogen-bond donors (Lipinski definition) is 1. The lowest BCUT2D eigenvalue weighted by Crippen LogP contribution is -2.30. The number of rotatable bonds is 4. The van der Waals surface area contributed by atoms with Gasteiger partial charge in [-0.25, -0.2) is 0 Å². The van der Waals surface area contributed by atoms with Crippen LogP contribution in [0.4, 0.5) is 0 Å². The Morgan fingerprint density at radius 3 is 2.75 bits per heavy atom. The molecule has 4 heteroatoms. The molecule has 0 atom stereocenters. The van der Waals surface area contributed by atoms with E-state index in [0.29, 0.717) is 12.1 Å². The van der Waals surface area contributed by atoms with Crippen LogP contribution in [0.1, 0.15) is 15.9 Å². The normalized spacial score (nSPS) is 10.2. The fourth-order valence-electron chi connectivity index (χ4n) is 1.42. The number of aliphatic hydroxyl groups is 1. The number of carbonyl (C=O) groups is 1. The lowest BCUT2D eigenvalue weighted by Gasteiger charge is -2.17. The highest BCUT2D eigenvalue weighted by Crippen LogP contribution is 2.20. The molecule has 0 fully saturated rings. The fourth-order valence-corrected chi connectivity index (χ4v) is 1.86. The summed E-state index contributed by atoms with van der Waals surface area (Å²) in [7, 11) is 1.70. The van der Waals surface area contributed by atoms with Crippen molar-refractivity contribution < 1.29 is 9.90 Å². The van der Waals surface area contributed by atoms with Gasteiger partial charge >= 0.3 is 0 Å². The third-order valence-corrected chi connectivity index (χ3v) is 3.18. The second-order valence-corrected chi connectivity index (χ2v) is 4.51. The van der Waals surface area contributed by atoms with Crippen LogP contribution in [0.3, 0.4) is 0 Å². The van der Waals surface area contributed by atoms with Crippen LogP contribution in [-0.2, 0) is 0 Å². The summed E-state index contributed by atoms with van der Waals surface area (Å²) in [6, 6.07) is 5.85. The molecule has 0 bridgehead atoms. The summed E-state index contributed by atoms with van der Waals surface area (Å²) in [4.78, 5) is 14.6. The molecule has 0 heterocycles. The van der Waals surface area contributed by atoms with Crippen molar-refractivity contribution in [1.82, 2.24) is 4.90 Å². The van der Waals surface area contributed by atoms with E-state index in [9.17, 15) is 4.79 Å². The summed E-state index contributed by atoms with van der Waals surface area (Å²) in [5.41, 5.74) is 1.68. The molecule has 1 aromatic carbocycles. The molecule has 88 valence electrons. The predicted octanol–water partition coefficient (Wildman–Crippen LogP) is 1.78. The molecule has 0 saturated heterocycles. The van der Waals surface area contributed by atoms with Gasteiger partial charge in [-0.15, -0.1) is 11.8 Å². The van der Waals surface area contributed by atoms with Crippen LogP contribution >= 0.6 is 11.8 Å². The van der Waals surface area contributed by atoms with Crippen molar-refractivity contribution >= 4 is 17.7 Å². The van der Waals surface area contributed by atoms with Crippen molar-refractivity contribution in [2.45, 2.75) is 11.8 Å². The van der Waals surface area contributed by atoms with Crippen molar-refractivity contribution in [3.05, 3.63) is 29.3 Å². The number of aliphatic hydroxyl groups excluding tert-OH is 1. The smallest absolute Gasteiger partial charge is 0.253 e. The largest absolute Gasteiger partial charge is 0.395 e. The van der Waals surface area contributed by atoms with Gasteiger partial charge in [0.05, 0.1) is 6.61 Å². The first kappa shape index (κ1) is 13.1. The molecule has 16 heavy (non-hydrogen) atoms. The number of aryl methyl sites for hydroxylation is 1. The van der Waals surface area contributed by atoms with Gasteiger partial charge in [0.1, 0.15) is 0 Å². The summed E-state index contributed by atoms with van der Waals surface area (Å²) in [6.07, 6.45) is 1.98. The molecule has 1 rings (SSSR count). The van der Waals surface area contributed by atoms with Gasteiger partial charge in [-0.2, -0.15) is 0 Å². The molecule has 0 saturated carbocycles. The Hall–Kier alpha value is -1.00. The summed E-state index contributed by atoms with van der Waals surface area (Å²) in [5, 5.41) is 8.80. The van der Waals surface area contributed by atoms with Crippen molar-refractivity contribution in [2.24, 2.45) is 0 Å². The van der Waals surface area contributed by atoms with Gasteiger partial charge in [0, 0.05) is 24.1 Å². The number of nitrogens with zero attached hydrogens (tertiary/aromatic N) is 1. The second kappa shape index (κ2) is 5.92. The maximum absolute atomic E-state index is 12.0. The van der Waals surface area contributed by atoms with E-state index >= 15 is 0 Å². The van der Waals surface area contributed by atoms with Crippen molar-refractivity contribution in [2.75, 3.05) is 26.5 Å². The summed E-state index contributed by atoms with van der Waals surface area (Å²) < 4.78 is 0. The van der Waals surface area contributed by atoms with E-state index in [1.165, 1.54) is 4.90 Å². The quantitative estimate of drug-likeness (QED) is 0.814. The zero-order valence-electron chi connectivity index (χ0n) is 9.86. The minimum atomic E-state index is -0.0394. The van der Waals surface area contributed by atoms with Gasteiger partial charge in [-0.3, -0.25) is 4.79 Å². The van der Waals surface area contributed by atoms with E-state index in [-0.39, 0.29) is 12.5 Å². The lowest BCUT2D eigenvalue weighted by atomic mass is 10.1. The van der Waals surface area contributed by atoms with Crippen molar-refractivity contribution in [3.8, 4) is 0 Å². The Morgan fingerprint density at radius 2 is 2.19 bits per heavy atom. The highest BCUT2D eigenvalue weighted by molar-refractivity contribution is 7.98. The molecule has 1 amide bonds.